The van der Waals surface area contributed by atoms with E-state index in [1.54, 1.807) is 4.90 Å². The minimum Gasteiger partial charge on any atom is -0.368 e. The van der Waals surface area contributed by atoms with Gasteiger partial charge in [0.1, 0.15) is 11.7 Å². The fraction of sp³-hybridized carbons (Fsp3) is 0.545. The Bertz CT molecular complexity index is 469. The lowest BCUT2D eigenvalue weighted by atomic mass is 10.2. The molecule has 1 atom stereocenters. The van der Waals surface area contributed by atoms with E-state index in [1.165, 1.54) is 11.3 Å². The number of amides is 2. The van der Waals surface area contributed by atoms with E-state index in [2.05, 4.69) is 4.98 Å². The number of aromatic nitrogens is 1. The van der Waals surface area contributed by atoms with E-state index in [9.17, 15) is 9.59 Å². The SMILES string of the molecule is Cc1nc(C(=O)N2CCC[C@@H]2C(N)=O)c(C)s1. The zero-order valence-electron chi connectivity index (χ0n) is 9.90. The van der Waals surface area contributed by atoms with Crippen molar-refractivity contribution in [3.63, 3.8) is 0 Å². The first-order chi connectivity index (χ1) is 8.00. The number of primary amides is 1. The number of aryl methyl sites for hydroxylation is 2. The van der Waals surface area contributed by atoms with Crippen molar-refractivity contribution in [3.8, 4) is 0 Å². The number of carbonyl (C=O) groups is 2. The Morgan fingerprint density at radius 2 is 2.18 bits per heavy atom. The average Bonchev–Trinajstić information content (AvgIpc) is 2.83. The number of nitrogens with zero attached hydrogens (tertiary/aromatic N) is 2. The molecule has 0 bridgehead atoms. The summed E-state index contributed by atoms with van der Waals surface area (Å²) in [6, 6.07) is -0.469. The molecule has 1 aromatic heterocycles. The van der Waals surface area contributed by atoms with Crippen molar-refractivity contribution in [1.29, 1.82) is 0 Å². The highest BCUT2D eigenvalue weighted by atomic mass is 32.1. The molecule has 0 saturated carbocycles. The van der Waals surface area contributed by atoms with Crippen LogP contribution < -0.4 is 5.73 Å². The molecule has 92 valence electrons. The molecule has 2 rings (SSSR count). The zero-order valence-corrected chi connectivity index (χ0v) is 10.7. The molecule has 1 aliphatic rings. The summed E-state index contributed by atoms with van der Waals surface area (Å²) < 4.78 is 0. The highest BCUT2D eigenvalue weighted by Gasteiger charge is 2.34. The molecule has 2 N–H and O–H groups in total. The van der Waals surface area contributed by atoms with Crippen LogP contribution >= 0.6 is 11.3 Å². The van der Waals surface area contributed by atoms with Crippen LogP contribution in [-0.4, -0.2) is 34.3 Å². The molecular weight excluding hydrogens is 238 g/mol. The van der Waals surface area contributed by atoms with Gasteiger partial charge in [-0.3, -0.25) is 9.59 Å². The van der Waals surface area contributed by atoms with Gasteiger partial charge in [0.05, 0.1) is 5.01 Å². The number of thiazole rings is 1. The highest BCUT2D eigenvalue weighted by molar-refractivity contribution is 7.11. The molecule has 0 unspecified atom stereocenters. The minimum atomic E-state index is -0.469. The maximum absolute atomic E-state index is 12.3. The third kappa shape index (κ3) is 2.17. The fourth-order valence-electron chi connectivity index (χ4n) is 2.17. The van der Waals surface area contributed by atoms with Crippen molar-refractivity contribution >= 4 is 23.2 Å². The Hall–Kier alpha value is -1.43. The molecule has 17 heavy (non-hydrogen) atoms. The van der Waals surface area contributed by atoms with Crippen LogP contribution in [0.2, 0.25) is 0 Å². The fourth-order valence-corrected chi connectivity index (χ4v) is 2.98. The maximum atomic E-state index is 12.3. The van der Waals surface area contributed by atoms with Crippen molar-refractivity contribution < 1.29 is 9.59 Å². The van der Waals surface area contributed by atoms with E-state index < -0.39 is 11.9 Å². The predicted octanol–water partition coefficient (Wildman–Crippen LogP) is 0.850. The van der Waals surface area contributed by atoms with Crippen LogP contribution in [0.3, 0.4) is 0 Å². The molecule has 6 heteroatoms. The van der Waals surface area contributed by atoms with Crippen molar-refractivity contribution in [2.75, 3.05) is 6.54 Å². The van der Waals surface area contributed by atoms with Gasteiger partial charge in [-0.05, 0) is 26.7 Å². The van der Waals surface area contributed by atoms with Crippen molar-refractivity contribution in [2.24, 2.45) is 5.73 Å². The number of nitrogens with two attached hydrogens (primary N) is 1. The van der Waals surface area contributed by atoms with E-state index in [-0.39, 0.29) is 5.91 Å². The van der Waals surface area contributed by atoms with Crippen molar-refractivity contribution in [3.05, 3.63) is 15.6 Å². The first kappa shape index (κ1) is 12.0. The third-order valence-electron chi connectivity index (χ3n) is 2.95. The molecular formula is C11H15N3O2S. The van der Waals surface area contributed by atoms with E-state index in [1.807, 2.05) is 13.8 Å². The largest absolute Gasteiger partial charge is 0.368 e. The van der Waals surface area contributed by atoms with Gasteiger partial charge in [-0.25, -0.2) is 4.98 Å². The topological polar surface area (TPSA) is 76.3 Å². The van der Waals surface area contributed by atoms with Gasteiger partial charge in [0.2, 0.25) is 5.91 Å². The second kappa shape index (κ2) is 4.44. The molecule has 1 fully saturated rings. The third-order valence-corrected chi connectivity index (χ3v) is 3.83. The smallest absolute Gasteiger partial charge is 0.274 e. The van der Waals surface area contributed by atoms with Crippen LogP contribution in [0.1, 0.15) is 33.2 Å². The highest BCUT2D eigenvalue weighted by Crippen LogP contribution is 2.23. The van der Waals surface area contributed by atoms with E-state index in [0.29, 0.717) is 18.7 Å². The molecule has 0 radical (unpaired) electrons. The maximum Gasteiger partial charge on any atom is 0.274 e. The van der Waals surface area contributed by atoms with Crippen molar-refractivity contribution in [1.82, 2.24) is 9.88 Å². The number of likely N-dealkylation sites (tertiary alicyclic amines) is 1. The Kier molecular flexibility index (Phi) is 3.15. The summed E-state index contributed by atoms with van der Waals surface area (Å²) in [7, 11) is 0. The quantitative estimate of drug-likeness (QED) is 0.849. The molecule has 0 spiro atoms. The van der Waals surface area contributed by atoms with Crippen LogP contribution in [0.25, 0.3) is 0 Å². The van der Waals surface area contributed by atoms with Crippen LogP contribution in [0.4, 0.5) is 0 Å². The van der Waals surface area contributed by atoms with Gasteiger partial charge < -0.3 is 10.6 Å². The predicted molar refractivity (Wildman–Crippen MR) is 64.8 cm³/mol. The first-order valence-corrected chi connectivity index (χ1v) is 6.36. The molecule has 1 aromatic rings. The van der Waals surface area contributed by atoms with Gasteiger partial charge in [-0.2, -0.15) is 0 Å². The lowest BCUT2D eigenvalue weighted by molar-refractivity contribution is -0.121. The monoisotopic (exact) mass is 253 g/mol. The van der Waals surface area contributed by atoms with Gasteiger partial charge in [0.15, 0.2) is 0 Å². The van der Waals surface area contributed by atoms with Gasteiger partial charge in [0, 0.05) is 11.4 Å². The molecule has 0 aliphatic carbocycles. The average molecular weight is 253 g/mol. The van der Waals surface area contributed by atoms with Gasteiger partial charge in [0.25, 0.3) is 5.91 Å². The number of hydrogen-bond donors (Lipinski definition) is 1. The van der Waals surface area contributed by atoms with Crippen LogP contribution in [-0.2, 0) is 4.79 Å². The van der Waals surface area contributed by atoms with E-state index in [4.69, 9.17) is 5.73 Å². The standard InChI is InChI=1S/C11H15N3O2S/c1-6-9(13-7(2)17-6)11(16)14-5-3-4-8(14)10(12)15/h8H,3-5H2,1-2H3,(H2,12,15)/t8-/m1/s1. The second-order valence-electron chi connectivity index (χ2n) is 4.20. The summed E-state index contributed by atoms with van der Waals surface area (Å²) in [5, 5.41) is 0.862. The van der Waals surface area contributed by atoms with Crippen molar-refractivity contribution in [2.45, 2.75) is 32.7 Å². The van der Waals surface area contributed by atoms with Gasteiger partial charge in [-0.1, -0.05) is 0 Å². The summed E-state index contributed by atoms with van der Waals surface area (Å²) in [6.07, 6.45) is 1.48. The molecule has 1 saturated heterocycles. The Morgan fingerprint density at radius 3 is 2.71 bits per heavy atom. The summed E-state index contributed by atoms with van der Waals surface area (Å²) >= 11 is 1.49. The lowest BCUT2D eigenvalue weighted by Gasteiger charge is -2.21. The zero-order chi connectivity index (χ0) is 12.6. The summed E-state index contributed by atoms with van der Waals surface area (Å²) in [5.74, 6) is -0.603. The molecule has 2 heterocycles. The van der Waals surface area contributed by atoms with Crippen LogP contribution in [0, 0.1) is 13.8 Å². The van der Waals surface area contributed by atoms with Crippen LogP contribution in [0.15, 0.2) is 0 Å². The molecule has 2 amide bonds. The van der Waals surface area contributed by atoms with Gasteiger partial charge >= 0.3 is 0 Å². The summed E-state index contributed by atoms with van der Waals surface area (Å²) in [5.41, 5.74) is 5.76. The molecule has 5 nitrogen and oxygen atoms in total. The lowest BCUT2D eigenvalue weighted by Crippen LogP contribution is -2.44. The second-order valence-corrected chi connectivity index (χ2v) is 5.60. The van der Waals surface area contributed by atoms with E-state index in [0.717, 1.165) is 16.3 Å². The Morgan fingerprint density at radius 1 is 1.47 bits per heavy atom. The van der Waals surface area contributed by atoms with Crippen LogP contribution in [0.5, 0.6) is 0 Å². The Labute approximate surface area is 104 Å². The number of carbonyl (C=O) groups excluding carboxylic acids is 2. The molecule has 1 aliphatic heterocycles. The molecule has 0 aromatic carbocycles. The minimum absolute atomic E-state index is 0.173. The van der Waals surface area contributed by atoms with Gasteiger partial charge in [-0.15, -0.1) is 11.3 Å². The summed E-state index contributed by atoms with van der Waals surface area (Å²) in [4.78, 5) is 30.2. The first-order valence-electron chi connectivity index (χ1n) is 5.55. The number of rotatable bonds is 2. The summed E-state index contributed by atoms with van der Waals surface area (Å²) in [6.45, 7) is 4.32. The normalized spacial score (nSPS) is 19.6. The van der Waals surface area contributed by atoms with E-state index >= 15 is 0 Å². The Balaban J connectivity index is 2.25. The number of hydrogen-bond acceptors (Lipinski definition) is 4.